The van der Waals surface area contributed by atoms with Crippen LogP contribution < -0.4 is 0 Å². The van der Waals surface area contributed by atoms with Crippen molar-refractivity contribution in [3.05, 3.63) is 19.2 Å². The summed E-state index contributed by atoms with van der Waals surface area (Å²) in [5, 5.41) is -0.0492. The molecule has 1 aliphatic heterocycles. The molecule has 0 bridgehead atoms. The lowest BCUT2D eigenvalue weighted by molar-refractivity contribution is 0.0533. The first-order valence-electron chi connectivity index (χ1n) is 4.82. The predicted octanol–water partition coefficient (Wildman–Crippen LogP) is 5.12. The number of hydrogen-bond acceptors (Lipinski definition) is 2. The fraction of sp³-hybridized carbons (Fsp3) is 0.600. The number of hydrogen-bond donors (Lipinski definition) is 0. The summed E-state index contributed by atoms with van der Waals surface area (Å²) in [6, 6.07) is 2.07. The predicted molar refractivity (Wildman–Crippen MR) is 71.9 cm³/mol. The van der Waals surface area contributed by atoms with Gasteiger partial charge in [-0.2, -0.15) is 0 Å². The second-order valence-corrected chi connectivity index (χ2v) is 7.96. The van der Waals surface area contributed by atoms with Crippen LogP contribution in [0.4, 0.5) is 0 Å². The van der Waals surface area contributed by atoms with Crippen LogP contribution in [0.2, 0.25) is 0 Å². The van der Waals surface area contributed by atoms with Crippen LogP contribution >= 0.6 is 54.8 Å². The molecule has 1 fully saturated rings. The summed E-state index contributed by atoms with van der Waals surface area (Å²) in [6.45, 7) is 2.10. The van der Waals surface area contributed by atoms with Gasteiger partial charge in [0.25, 0.3) is 0 Å². The molecule has 2 rings (SSSR count). The van der Waals surface area contributed by atoms with Gasteiger partial charge in [-0.3, -0.25) is 0 Å². The van der Waals surface area contributed by atoms with E-state index in [4.69, 9.17) is 16.3 Å². The van der Waals surface area contributed by atoms with Crippen LogP contribution in [0.1, 0.15) is 30.7 Å². The largest absolute Gasteiger partial charge is 0.373 e. The van der Waals surface area contributed by atoms with Gasteiger partial charge in [0, 0.05) is 0 Å². The molecule has 0 saturated carbocycles. The number of rotatable bonds is 2. The van der Waals surface area contributed by atoms with Crippen molar-refractivity contribution in [3.63, 3.8) is 0 Å². The molecular formula is C10H11Br2ClOS. The Hall–Kier alpha value is 0.910. The van der Waals surface area contributed by atoms with Crippen molar-refractivity contribution in [1.82, 2.24) is 0 Å². The fourth-order valence-electron chi connectivity index (χ4n) is 1.79. The maximum atomic E-state index is 6.43. The average molecular weight is 375 g/mol. The molecule has 3 unspecified atom stereocenters. The molecule has 0 amide bonds. The van der Waals surface area contributed by atoms with Gasteiger partial charge in [-0.15, -0.1) is 22.9 Å². The lowest BCUT2D eigenvalue weighted by Gasteiger charge is -2.17. The Bertz CT molecular complexity index is 355. The molecule has 84 valence electrons. The number of halogens is 3. The molecule has 1 aromatic rings. The molecule has 0 aliphatic carbocycles. The zero-order chi connectivity index (χ0) is 11.0. The summed E-state index contributed by atoms with van der Waals surface area (Å²) in [4.78, 5) is 0. The van der Waals surface area contributed by atoms with E-state index in [2.05, 4.69) is 44.8 Å². The maximum Gasteiger partial charge on any atom is 0.0866 e. The SMILES string of the molecule is CC1CCC(C(Cl)c2cc(Br)sc2Br)O1. The Labute approximate surface area is 115 Å². The first-order chi connectivity index (χ1) is 7.08. The van der Waals surface area contributed by atoms with Crippen LogP contribution in [0.5, 0.6) is 0 Å². The van der Waals surface area contributed by atoms with Crippen LogP contribution in [0, 0.1) is 0 Å². The second kappa shape index (κ2) is 5.05. The molecule has 3 atom stereocenters. The highest BCUT2D eigenvalue weighted by atomic mass is 79.9. The van der Waals surface area contributed by atoms with E-state index < -0.39 is 0 Å². The van der Waals surface area contributed by atoms with Crippen LogP contribution in [0.25, 0.3) is 0 Å². The zero-order valence-corrected chi connectivity index (χ0v) is 12.9. The molecule has 1 aliphatic rings. The van der Waals surface area contributed by atoms with E-state index in [0.717, 1.165) is 26.0 Å². The number of thiophene rings is 1. The third kappa shape index (κ3) is 2.78. The topological polar surface area (TPSA) is 9.23 Å². The lowest BCUT2D eigenvalue weighted by Crippen LogP contribution is -2.14. The highest BCUT2D eigenvalue weighted by Crippen LogP contribution is 2.42. The van der Waals surface area contributed by atoms with Crippen LogP contribution in [0.15, 0.2) is 13.6 Å². The molecule has 0 spiro atoms. The van der Waals surface area contributed by atoms with E-state index in [1.807, 2.05) is 0 Å². The van der Waals surface area contributed by atoms with Gasteiger partial charge in [0.15, 0.2) is 0 Å². The normalized spacial score (nSPS) is 28.3. The molecule has 0 aromatic carbocycles. The van der Waals surface area contributed by atoms with E-state index in [9.17, 15) is 0 Å². The summed E-state index contributed by atoms with van der Waals surface area (Å²) in [5.41, 5.74) is 1.13. The van der Waals surface area contributed by atoms with Crippen molar-refractivity contribution in [2.45, 2.75) is 37.4 Å². The third-order valence-corrected chi connectivity index (χ3v) is 5.47. The number of ether oxygens (including phenoxy) is 1. The lowest BCUT2D eigenvalue weighted by atomic mass is 10.1. The Morgan fingerprint density at radius 3 is 2.73 bits per heavy atom. The van der Waals surface area contributed by atoms with Gasteiger partial charge < -0.3 is 4.74 Å². The van der Waals surface area contributed by atoms with Gasteiger partial charge >= 0.3 is 0 Å². The molecule has 1 nitrogen and oxygen atoms in total. The van der Waals surface area contributed by atoms with Crippen molar-refractivity contribution in [1.29, 1.82) is 0 Å². The third-order valence-electron chi connectivity index (χ3n) is 2.57. The van der Waals surface area contributed by atoms with Gasteiger partial charge in [-0.05, 0) is 63.3 Å². The summed E-state index contributed by atoms with van der Waals surface area (Å²) >= 11 is 15.1. The van der Waals surface area contributed by atoms with Crippen LogP contribution in [-0.4, -0.2) is 12.2 Å². The van der Waals surface area contributed by atoms with Crippen LogP contribution in [-0.2, 0) is 4.74 Å². The standard InChI is InChI=1S/C10H11Br2ClOS/c1-5-2-3-7(14-5)9(13)6-4-8(11)15-10(6)12/h4-5,7,9H,2-3H2,1H3. The highest BCUT2D eigenvalue weighted by Gasteiger charge is 2.31. The van der Waals surface area contributed by atoms with Crippen molar-refractivity contribution in [2.75, 3.05) is 0 Å². The highest BCUT2D eigenvalue weighted by molar-refractivity contribution is 9.12. The van der Waals surface area contributed by atoms with Gasteiger partial charge in [-0.1, -0.05) is 0 Å². The molecule has 1 aromatic heterocycles. The van der Waals surface area contributed by atoms with Crippen LogP contribution in [0.3, 0.4) is 0 Å². The molecule has 0 radical (unpaired) electrons. The monoisotopic (exact) mass is 372 g/mol. The minimum Gasteiger partial charge on any atom is -0.373 e. The van der Waals surface area contributed by atoms with E-state index in [-0.39, 0.29) is 11.5 Å². The molecule has 2 heterocycles. The molecule has 0 N–H and O–H groups in total. The minimum absolute atomic E-state index is 0.0492. The molecule has 1 saturated heterocycles. The Morgan fingerprint density at radius 2 is 2.27 bits per heavy atom. The average Bonchev–Trinajstić information content (AvgIpc) is 2.71. The van der Waals surface area contributed by atoms with E-state index in [0.29, 0.717) is 6.10 Å². The summed E-state index contributed by atoms with van der Waals surface area (Å²) in [5.74, 6) is 0. The van der Waals surface area contributed by atoms with Gasteiger partial charge in [-0.25, -0.2) is 0 Å². The van der Waals surface area contributed by atoms with Crippen molar-refractivity contribution in [2.24, 2.45) is 0 Å². The van der Waals surface area contributed by atoms with Gasteiger partial charge in [0.2, 0.25) is 0 Å². The van der Waals surface area contributed by atoms with E-state index >= 15 is 0 Å². The summed E-state index contributed by atoms with van der Waals surface area (Å²) < 4.78 is 7.97. The summed E-state index contributed by atoms with van der Waals surface area (Å²) in [6.07, 6.45) is 2.66. The Balaban J connectivity index is 2.13. The Morgan fingerprint density at radius 1 is 1.53 bits per heavy atom. The Kier molecular flexibility index (Phi) is 4.16. The fourth-order valence-corrected chi connectivity index (χ4v) is 5.27. The molecular weight excluding hydrogens is 363 g/mol. The van der Waals surface area contributed by atoms with Crippen molar-refractivity contribution in [3.8, 4) is 0 Å². The second-order valence-electron chi connectivity index (χ2n) is 3.74. The van der Waals surface area contributed by atoms with Crippen molar-refractivity contribution >= 4 is 54.8 Å². The summed E-state index contributed by atoms with van der Waals surface area (Å²) in [7, 11) is 0. The number of alkyl halides is 1. The first-order valence-corrected chi connectivity index (χ1v) is 7.66. The quantitative estimate of drug-likeness (QED) is 0.653. The maximum absolute atomic E-state index is 6.43. The molecule has 15 heavy (non-hydrogen) atoms. The van der Waals surface area contributed by atoms with E-state index in [1.165, 1.54) is 0 Å². The van der Waals surface area contributed by atoms with Crippen molar-refractivity contribution < 1.29 is 4.74 Å². The van der Waals surface area contributed by atoms with E-state index in [1.54, 1.807) is 11.3 Å². The first kappa shape index (κ1) is 12.4. The molecule has 5 heteroatoms. The minimum atomic E-state index is -0.0492. The van der Waals surface area contributed by atoms with Gasteiger partial charge in [0.1, 0.15) is 0 Å². The smallest absolute Gasteiger partial charge is 0.0866 e. The van der Waals surface area contributed by atoms with Gasteiger partial charge in [0.05, 0.1) is 25.2 Å². The zero-order valence-electron chi connectivity index (χ0n) is 8.17.